The highest BCUT2D eigenvalue weighted by Gasteiger charge is 2.32. The number of hydrogen-bond acceptors (Lipinski definition) is 3. The van der Waals surface area contributed by atoms with Crippen LogP contribution in [0.2, 0.25) is 0 Å². The van der Waals surface area contributed by atoms with Gasteiger partial charge in [-0.3, -0.25) is 4.79 Å². The van der Waals surface area contributed by atoms with E-state index < -0.39 is 16.2 Å². The molecule has 7 heteroatoms. The van der Waals surface area contributed by atoms with E-state index in [0.29, 0.717) is 39.0 Å². The van der Waals surface area contributed by atoms with Crippen molar-refractivity contribution in [3.05, 3.63) is 0 Å². The van der Waals surface area contributed by atoms with Crippen LogP contribution in [-0.2, 0) is 15.0 Å². The molecule has 1 saturated heterocycles. The molecule has 0 amide bonds. The van der Waals surface area contributed by atoms with Crippen molar-refractivity contribution in [2.75, 3.05) is 26.2 Å². The van der Waals surface area contributed by atoms with Gasteiger partial charge in [-0.2, -0.15) is 17.0 Å². The molecule has 0 bridgehead atoms. The van der Waals surface area contributed by atoms with E-state index in [0.717, 1.165) is 12.8 Å². The van der Waals surface area contributed by atoms with E-state index in [1.807, 2.05) is 13.8 Å². The van der Waals surface area contributed by atoms with Gasteiger partial charge < -0.3 is 5.11 Å². The molecular formula is C13H26N2O4S. The first kappa shape index (κ1) is 17.4. The highest BCUT2D eigenvalue weighted by Crippen LogP contribution is 2.23. The minimum atomic E-state index is -3.38. The van der Waals surface area contributed by atoms with Crippen LogP contribution >= 0.6 is 0 Å². The number of carboxylic acids is 1. The average Bonchev–Trinajstić information content (AvgIpc) is 2.38. The van der Waals surface area contributed by atoms with E-state index in [4.69, 9.17) is 5.11 Å². The first-order valence-electron chi connectivity index (χ1n) is 7.38. The lowest BCUT2D eigenvalue weighted by molar-refractivity contribution is -0.138. The molecule has 1 aliphatic heterocycles. The van der Waals surface area contributed by atoms with Gasteiger partial charge in [0.05, 0.1) is 0 Å². The molecule has 1 rings (SSSR count). The summed E-state index contributed by atoms with van der Waals surface area (Å²) in [6.45, 7) is 5.90. The SMILES string of the molecule is CCCN(CCC)S(=O)(=O)N1CCC(CC(=O)O)CC1. The van der Waals surface area contributed by atoms with E-state index in [-0.39, 0.29) is 12.3 Å². The molecule has 0 aliphatic carbocycles. The van der Waals surface area contributed by atoms with Gasteiger partial charge in [-0.15, -0.1) is 0 Å². The van der Waals surface area contributed by atoms with Crippen molar-refractivity contribution < 1.29 is 18.3 Å². The molecule has 1 heterocycles. The Hall–Kier alpha value is -0.660. The molecule has 20 heavy (non-hydrogen) atoms. The standard InChI is InChI=1S/C13H26N2O4S/c1-3-7-14(8-4-2)20(18,19)15-9-5-12(6-10-15)11-13(16)17/h12H,3-11H2,1-2H3,(H,16,17). The van der Waals surface area contributed by atoms with Gasteiger partial charge in [-0.05, 0) is 31.6 Å². The van der Waals surface area contributed by atoms with E-state index in [1.165, 1.54) is 4.31 Å². The maximum atomic E-state index is 12.5. The summed E-state index contributed by atoms with van der Waals surface area (Å²) in [5, 5.41) is 8.78. The van der Waals surface area contributed by atoms with Gasteiger partial charge in [0.1, 0.15) is 0 Å². The third-order valence-electron chi connectivity index (χ3n) is 3.64. The number of nitrogens with zero attached hydrogens (tertiary/aromatic N) is 2. The van der Waals surface area contributed by atoms with Crippen LogP contribution in [0.3, 0.4) is 0 Å². The predicted molar refractivity (Wildman–Crippen MR) is 77.6 cm³/mol. The van der Waals surface area contributed by atoms with Crippen molar-refractivity contribution in [3.8, 4) is 0 Å². The highest BCUT2D eigenvalue weighted by atomic mass is 32.2. The molecule has 118 valence electrons. The Morgan fingerprint density at radius 3 is 2.10 bits per heavy atom. The van der Waals surface area contributed by atoms with E-state index in [9.17, 15) is 13.2 Å². The van der Waals surface area contributed by atoms with Crippen LogP contribution in [-0.4, -0.2) is 54.3 Å². The monoisotopic (exact) mass is 306 g/mol. The smallest absolute Gasteiger partial charge is 0.303 e. The van der Waals surface area contributed by atoms with Crippen molar-refractivity contribution in [1.29, 1.82) is 0 Å². The van der Waals surface area contributed by atoms with Crippen molar-refractivity contribution in [2.24, 2.45) is 5.92 Å². The molecular weight excluding hydrogens is 280 g/mol. The fourth-order valence-corrected chi connectivity index (χ4v) is 4.42. The summed E-state index contributed by atoms with van der Waals surface area (Å²) in [6, 6.07) is 0. The van der Waals surface area contributed by atoms with Crippen molar-refractivity contribution in [1.82, 2.24) is 8.61 Å². The third-order valence-corrected chi connectivity index (χ3v) is 5.67. The number of carbonyl (C=O) groups is 1. The maximum Gasteiger partial charge on any atom is 0.303 e. The molecule has 0 spiro atoms. The summed E-state index contributed by atoms with van der Waals surface area (Å²) in [5.74, 6) is -0.699. The molecule has 0 unspecified atom stereocenters. The lowest BCUT2D eigenvalue weighted by Crippen LogP contribution is -2.47. The largest absolute Gasteiger partial charge is 0.481 e. The Labute approximate surface area is 121 Å². The van der Waals surface area contributed by atoms with Crippen LogP contribution in [0.25, 0.3) is 0 Å². The summed E-state index contributed by atoms with van der Waals surface area (Å²) in [5.41, 5.74) is 0. The second-order valence-corrected chi connectivity index (χ2v) is 7.28. The molecule has 0 saturated carbocycles. The molecule has 1 N–H and O–H groups in total. The van der Waals surface area contributed by atoms with Crippen LogP contribution in [0.1, 0.15) is 46.0 Å². The van der Waals surface area contributed by atoms with Crippen LogP contribution in [0.4, 0.5) is 0 Å². The second-order valence-electron chi connectivity index (χ2n) is 5.35. The zero-order valence-corrected chi connectivity index (χ0v) is 13.2. The van der Waals surface area contributed by atoms with Gasteiger partial charge in [0.25, 0.3) is 10.2 Å². The maximum absolute atomic E-state index is 12.5. The summed E-state index contributed by atoms with van der Waals surface area (Å²) in [7, 11) is -3.38. The lowest BCUT2D eigenvalue weighted by atomic mass is 9.95. The van der Waals surface area contributed by atoms with E-state index >= 15 is 0 Å². The summed E-state index contributed by atoms with van der Waals surface area (Å²) >= 11 is 0. The Morgan fingerprint density at radius 2 is 1.70 bits per heavy atom. The Morgan fingerprint density at radius 1 is 1.20 bits per heavy atom. The summed E-state index contributed by atoms with van der Waals surface area (Å²) < 4.78 is 28.1. The van der Waals surface area contributed by atoms with Gasteiger partial charge >= 0.3 is 5.97 Å². The third kappa shape index (κ3) is 4.71. The normalized spacial score (nSPS) is 18.6. The van der Waals surface area contributed by atoms with Gasteiger partial charge in [0.15, 0.2) is 0 Å². The number of carboxylic acid groups (broad SMARTS) is 1. The van der Waals surface area contributed by atoms with Gasteiger partial charge in [0, 0.05) is 32.6 Å². The van der Waals surface area contributed by atoms with Gasteiger partial charge in [-0.1, -0.05) is 13.8 Å². The lowest BCUT2D eigenvalue weighted by Gasteiger charge is -2.34. The molecule has 6 nitrogen and oxygen atoms in total. The molecule has 0 aromatic rings. The van der Waals surface area contributed by atoms with Gasteiger partial charge in [-0.25, -0.2) is 0 Å². The van der Waals surface area contributed by atoms with Crippen LogP contribution in [0, 0.1) is 5.92 Å². The zero-order valence-electron chi connectivity index (χ0n) is 12.4. The molecule has 1 fully saturated rings. The van der Waals surface area contributed by atoms with E-state index in [2.05, 4.69) is 0 Å². The Balaban J connectivity index is 2.63. The minimum absolute atomic E-state index is 0.102. The number of aliphatic carboxylic acids is 1. The van der Waals surface area contributed by atoms with Crippen LogP contribution < -0.4 is 0 Å². The van der Waals surface area contributed by atoms with Crippen molar-refractivity contribution in [3.63, 3.8) is 0 Å². The van der Waals surface area contributed by atoms with E-state index in [1.54, 1.807) is 4.31 Å². The van der Waals surface area contributed by atoms with Gasteiger partial charge in [0.2, 0.25) is 0 Å². The van der Waals surface area contributed by atoms with Crippen LogP contribution in [0.15, 0.2) is 0 Å². The predicted octanol–water partition coefficient (Wildman–Crippen LogP) is 1.54. The van der Waals surface area contributed by atoms with Crippen molar-refractivity contribution in [2.45, 2.75) is 46.0 Å². The topological polar surface area (TPSA) is 77.9 Å². The molecule has 0 aromatic carbocycles. The number of rotatable bonds is 8. The molecule has 0 atom stereocenters. The summed E-state index contributed by atoms with van der Waals surface area (Å²) in [6.07, 6.45) is 3.01. The first-order valence-corrected chi connectivity index (χ1v) is 8.78. The first-order chi connectivity index (χ1) is 9.41. The highest BCUT2D eigenvalue weighted by molar-refractivity contribution is 7.86. The van der Waals surface area contributed by atoms with Crippen LogP contribution in [0.5, 0.6) is 0 Å². The summed E-state index contributed by atoms with van der Waals surface area (Å²) in [4.78, 5) is 10.7. The molecule has 1 aliphatic rings. The fraction of sp³-hybridized carbons (Fsp3) is 0.923. The average molecular weight is 306 g/mol. The fourth-order valence-electron chi connectivity index (χ4n) is 2.60. The molecule has 0 radical (unpaired) electrons. The Kier molecular flexibility index (Phi) is 6.91. The zero-order chi connectivity index (χ0) is 15.2. The number of piperidine rings is 1. The quantitative estimate of drug-likeness (QED) is 0.738. The second kappa shape index (κ2) is 7.95. The molecule has 0 aromatic heterocycles. The van der Waals surface area contributed by atoms with Crippen molar-refractivity contribution >= 4 is 16.2 Å². The Bertz CT molecular complexity index is 397. The number of hydrogen-bond donors (Lipinski definition) is 1. The minimum Gasteiger partial charge on any atom is -0.481 e.